The molecule has 0 aromatic rings. The molecule has 0 radical (unpaired) electrons. The highest BCUT2D eigenvalue weighted by molar-refractivity contribution is 7.80. The summed E-state index contributed by atoms with van der Waals surface area (Å²) in [4.78, 5) is 13.0. The fourth-order valence-electron chi connectivity index (χ4n) is 7.21. The van der Waals surface area contributed by atoms with Gasteiger partial charge in [-0.2, -0.15) is 8.42 Å². The van der Waals surface area contributed by atoms with Crippen LogP contribution in [0.4, 0.5) is 0 Å². The van der Waals surface area contributed by atoms with Crippen molar-refractivity contribution in [2.24, 2.45) is 0 Å². The smallest absolute Gasteiger partial charge is 0.394 e. The fraction of sp³-hybridized carbons (Fsp3) is 0.886. The lowest BCUT2D eigenvalue weighted by Gasteiger charge is -2.41. The van der Waals surface area contributed by atoms with Crippen molar-refractivity contribution in [2.45, 2.75) is 236 Å². The minimum atomic E-state index is -5.08. The molecule has 6 N–H and O–H groups in total. The summed E-state index contributed by atoms with van der Waals surface area (Å²) < 4.78 is 47.6. The molecule has 1 fully saturated rings. The van der Waals surface area contributed by atoms with Crippen LogP contribution >= 0.6 is 0 Å². The fourth-order valence-corrected chi connectivity index (χ4v) is 7.72. The van der Waals surface area contributed by atoms with E-state index >= 15 is 0 Å². The number of rotatable bonds is 38. The zero-order valence-electron chi connectivity index (χ0n) is 35.7. The molecule has 0 saturated carbocycles. The average Bonchev–Trinajstić information content (AvgIpc) is 3.18. The van der Waals surface area contributed by atoms with Crippen molar-refractivity contribution < 1.29 is 51.8 Å². The number of amides is 1. The van der Waals surface area contributed by atoms with E-state index in [1.807, 2.05) is 0 Å². The number of unbranched alkanes of at least 4 members (excludes halogenated alkanes) is 23. The van der Waals surface area contributed by atoms with Gasteiger partial charge in [-0.3, -0.25) is 9.35 Å². The molecule has 1 saturated heterocycles. The van der Waals surface area contributed by atoms with E-state index in [4.69, 9.17) is 9.47 Å². The van der Waals surface area contributed by atoms with Gasteiger partial charge in [0, 0.05) is 6.42 Å². The van der Waals surface area contributed by atoms with Gasteiger partial charge in [-0.15, -0.1) is 0 Å². The van der Waals surface area contributed by atoms with Gasteiger partial charge in [-0.05, 0) is 38.5 Å². The van der Waals surface area contributed by atoms with Gasteiger partial charge in [-0.1, -0.05) is 173 Å². The first-order chi connectivity index (χ1) is 27.5. The van der Waals surface area contributed by atoms with E-state index in [0.29, 0.717) is 12.8 Å². The second kappa shape index (κ2) is 35.3. The number of aliphatic hydroxyl groups excluding tert-OH is 4. The maximum absolute atomic E-state index is 13.0. The quantitative estimate of drug-likeness (QED) is 0.0198. The van der Waals surface area contributed by atoms with Crippen molar-refractivity contribution in [3.05, 3.63) is 24.3 Å². The lowest BCUT2D eigenvalue weighted by Crippen LogP contribution is -2.61. The average molecular weight is 834 g/mol. The highest BCUT2D eigenvalue weighted by atomic mass is 32.3. The van der Waals surface area contributed by atoms with Gasteiger partial charge in [0.05, 0.1) is 25.4 Å². The van der Waals surface area contributed by atoms with E-state index in [1.165, 1.54) is 89.9 Å². The van der Waals surface area contributed by atoms with Crippen LogP contribution in [0.2, 0.25) is 0 Å². The summed E-state index contributed by atoms with van der Waals surface area (Å²) in [7, 11) is -5.08. The van der Waals surface area contributed by atoms with Gasteiger partial charge in [0.25, 0.3) is 0 Å². The van der Waals surface area contributed by atoms with Gasteiger partial charge in [0.2, 0.25) is 5.91 Å². The van der Waals surface area contributed by atoms with E-state index in [-0.39, 0.29) is 18.9 Å². The molecule has 1 aliphatic rings. The Balaban J connectivity index is 2.52. The number of carbonyl (C=O) groups excluding carboxylic acids is 1. The maximum atomic E-state index is 13.0. The van der Waals surface area contributed by atoms with Crippen LogP contribution in [-0.4, -0.2) is 95.4 Å². The summed E-state index contributed by atoms with van der Waals surface area (Å²) in [6.45, 7) is 3.40. The molecule has 7 unspecified atom stereocenters. The van der Waals surface area contributed by atoms with E-state index in [1.54, 1.807) is 0 Å². The zero-order chi connectivity index (χ0) is 42.0. The number of ether oxygens (including phenoxy) is 2. The normalized spacial score (nSPS) is 21.4. The Hall–Kier alpha value is -1.42. The predicted octanol–water partition coefficient (Wildman–Crippen LogP) is 8.55. The second-order valence-electron chi connectivity index (χ2n) is 16.0. The first kappa shape index (κ1) is 53.6. The minimum Gasteiger partial charge on any atom is -0.394 e. The van der Waals surface area contributed by atoms with E-state index in [2.05, 4.69) is 47.7 Å². The Morgan fingerprint density at radius 1 is 0.702 bits per heavy atom. The Labute approximate surface area is 346 Å². The Bertz CT molecular complexity index is 1120. The van der Waals surface area contributed by atoms with Crippen molar-refractivity contribution in [3.63, 3.8) is 0 Å². The van der Waals surface area contributed by atoms with Gasteiger partial charge in [0.15, 0.2) is 6.29 Å². The van der Waals surface area contributed by atoms with E-state index in [9.17, 15) is 38.2 Å². The number of allylic oxidation sites excluding steroid dienone is 4. The molecule has 12 nitrogen and oxygen atoms in total. The van der Waals surface area contributed by atoms with Crippen LogP contribution in [0.1, 0.15) is 194 Å². The number of carbonyl (C=O) groups is 1. The SMILES string of the molecule is CCCCC/C=C\C=C/CCCCCCCCC(=O)NC(COC1OC(CO)C(O)C(OS(=O)(=O)O)C1O)C(O)CCCCCCCCCCCCCCCCC. The Morgan fingerprint density at radius 2 is 1.16 bits per heavy atom. The standard InChI is InChI=1S/C44H83NO11S/c1-3-5-7-9-11-13-15-17-19-21-23-25-27-29-31-33-38(47)37(36-54-44-42(50)43(56-57(51,52)53)41(49)39(35-46)55-44)45-40(48)34-32-30-28-26-24-22-20-18-16-14-12-10-8-6-4-2/h12,14,16,18,37-39,41-44,46-47,49-50H,3-11,13,15,17,19-36H2,1-2H3,(H,45,48)(H,51,52,53)/b14-12-,18-16-. The largest absolute Gasteiger partial charge is 0.397 e. The van der Waals surface area contributed by atoms with Gasteiger partial charge in [-0.25, -0.2) is 4.18 Å². The van der Waals surface area contributed by atoms with Crippen LogP contribution < -0.4 is 5.32 Å². The third-order valence-electron chi connectivity index (χ3n) is 10.8. The molecule has 336 valence electrons. The molecule has 1 amide bonds. The second-order valence-corrected chi connectivity index (χ2v) is 17.1. The lowest BCUT2D eigenvalue weighted by atomic mass is 9.99. The molecule has 0 bridgehead atoms. The maximum Gasteiger partial charge on any atom is 0.397 e. The molecular weight excluding hydrogens is 751 g/mol. The zero-order valence-corrected chi connectivity index (χ0v) is 36.5. The van der Waals surface area contributed by atoms with Crippen LogP contribution in [0.15, 0.2) is 24.3 Å². The predicted molar refractivity (Wildman–Crippen MR) is 227 cm³/mol. The van der Waals surface area contributed by atoms with Crippen molar-refractivity contribution in [1.29, 1.82) is 0 Å². The Kier molecular flexibility index (Phi) is 33.2. The molecule has 0 spiro atoms. The molecule has 1 aliphatic heterocycles. The molecule has 0 aliphatic carbocycles. The summed E-state index contributed by atoms with van der Waals surface area (Å²) >= 11 is 0. The van der Waals surface area contributed by atoms with Gasteiger partial charge in [0.1, 0.15) is 24.4 Å². The van der Waals surface area contributed by atoms with E-state index < -0.39 is 59.9 Å². The van der Waals surface area contributed by atoms with Crippen molar-refractivity contribution in [2.75, 3.05) is 13.2 Å². The summed E-state index contributed by atoms with van der Waals surface area (Å²) in [5, 5.41) is 44.8. The number of hydrogen-bond donors (Lipinski definition) is 6. The summed E-state index contributed by atoms with van der Waals surface area (Å²) in [6, 6.07) is -0.862. The van der Waals surface area contributed by atoms with Crippen molar-refractivity contribution in [1.82, 2.24) is 5.32 Å². The lowest BCUT2D eigenvalue weighted by molar-refractivity contribution is -0.298. The van der Waals surface area contributed by atoms with Crippen LogP contribution in [0.25, 0.3) is 0 Å². The number of aliphatic hydroxyl groups is 4. The highest BCUT2D eigenvalue weighted by Crippen LogP contribution is 2.26. The Morgan fingerprint density at radius 3 is 1.67 bits per heavy atom. The first-order valence-electron chi connectivity index (χ1n) is 22.7. The molecule has 13 heteroatoms. The molecule has 7 atom stereocenters. The summed E-state index contributed by atoms with van der Waals surface area (Å²) in [5.41, 5.74) is 0. The monoisotopic (exact) mass is 834 g/mol. The van der Waals surface area contributed by atoms with Crippen LogP contribution in [0.3, 0.4) is 0 Å². The molecule has 0 aromatic heterocycles. The van der Waals surface area contributed by atoms with E-state index in [0.717, 1.165) is 70.6 Å². The number of nitrogens with one attached hydrogen (secondary N) is 1. The topological polar surface area (TPSA) is 192 Å². The third kappa shape index (κ3) is 28.6. The van der Waals surface area contributed by atoms with Crippen molar-refractivity contribution >= 4 is 16.3 Å². The highest BCUT2D eigenvalue weighted by Gasteiger charge is 2.48. The summed E-state index contributed by atoms with van der Waals surface area (Å²) in [5.74, 6) is -0.242. The summed E-state index contributed by atoms with van der Waals surface area (Å²) in [6.07, 6.45) is 30.3. The minimum absolute atomic E-state index is 0.242. The van der Waals surface area contributed by atoms with Crippen LogP contribution in [-0.2, 0) is 28.9 Å². The molecule has 1 rings (SSSR count). The van der Waals surface area contributed by atoms with Crippen molar-refractivity contribution in [3.8, 4) is 0 Å². The third-order valence-corrected chi connectivity index (χ3v) is 11.3. The van der Waals surface area contributed by atoms with Crippen LogP contribution in [0, 0.1) is 0 Å². The number of hydrogen-bond acceptors (Lipinski definition) is 10. The van der Waals surface area contributed by atoms with Gasteiger partial charge < -0.3 is 35.2 Å². The molecule has 0 aromatic carbocycles. The van der Waals surface area contributed by atoms with Gasteiger partial charge >= 0.3 is 10.4 Å². The molecule has 57 heavy (non-hydrogen) atoms. The molecular formula is C44H83NO11S. The van der Waals surface area contributed by atoms with Crippen LogP contribution in [0.5, 0.6) is 0 Å². The first-order valence-corrected chi connectivity index (χ1v) is 24.1. The molecule has 1 heterocycles.